The highest BCUT2D eigenvalue weighted by Gasteiger charge is 2.24. The number of aliphatic hydroxyl groups excluding tert-OH is 1. The SMILES string of the molecule is COCCN(Cc1c(-c2ccccc2)nn(C)c1Oc1ccccc1Cl)CC(O)COc1ccccc1. The van der Waals surface area contributed by atoms with E-state index in [9.17, 15) is 5.11 Å². The van der Waals surface area contributed by atoms with Crippen molar-refractivity contribution in [3.8, 4) is 28.6 Å². The van der Waals surface area contributed by atoms with Crippen molar-refractivity contribution < 1.29 is 19.3 Å². The van der Waals surface area contributed by atoms with Crippen molar-refractivity contribution in [1.29, 1.82) is 0 Å². The van der Waals surface area contributed by atoms with Crippen LogP contribution in [0.1, 0.15) is 5.56 Å². The standard InChI is InChI=1S/C29H32ClN3O4/c1-32-29(37-27-16-10-9-15-26(27)30)25(28(31-32)22-11-5-3-6-12-22)20-33(17-18-35-2)19-23(34)21-36-24-13-7-4-8-14-24/h3-16,23,34H,17-21H2,1-2H3. The van der Waals surface area contributed by atoms with E-state index in [2.05, 4.69) is 4.90 Å². The molecule has 4 rings (SSSR count). The molecule has 0 radical (unpaired) electrons. The van der Waals surface area contributed by atoms with Crippen LogP contribution >= 0.6 is 11.6 Å². The Bertz CT molecular complexity index is 1250. The normalized spacial score (nSPS) is 12.0. The summed E-state index contributed by atoms with van der Waals surface area (Å²) >= 11 is 6.40. The fraction of sp³-hybridized carbons (Fsp3) is 0.276. The second kappa shape index (κ2) is 13.3. The summed E-state index contributed by atoms with van der Waals surface area (Å²) in [5, 5.41) is 16.1. The van der Waals surface area contributed by atoms with Gasteiger partial charge in [-0.3, -0.25) is 4.90 Å². The first-order valence-corrected chi connectivity index (χ1v) is 12.5. The predicted octanol–water partition coefficient (Wildman–Crippen LogP) is 5.42. The summed E-state index contributed by atoms with van der Waals surface area (Å²) in [6.07, 6.45) is -0.707. The van der Waals surface area contributed by atoms with Crippen LogP contribution in [0.25, 0.3) is 11.3 Å². The van der Waals surface area contributed by atoms with E-state index in [0.29, 0.717) is 42.9 Å². The topological polar surface area (TPSA) is 69.0 Å². The average Bonchev–Trinajstić information content (AvgIpc) is 3.23. The lowest BCUT2D eigenvalue weighted by Crippen LogP contribution is -2.37. The van der Waals surface area contributed by atoms with Crippen molar-refractivity contribution in [3.63, 3.8) is 0 Å². The number of para-hydroxylation sites is 2. The number of aromatic nitrogens is 2. The Balaban J connectivity index is 1.60. The number of ether oxygens (including phenoxy) is 3. The number of rotatable bonds is 13. The van der Waals surface area contributed by atoms with Gasteiger partial charge in [0.1, 0.15) is 29.9 Å². The molecule has 37 heavy (non-hydrogen) atoms. The van der Waals surface area contributed by atoms with E-state index in [4.69, 9.17) is 30.9 Å². The molecule has 3 aromatic carbocycles. The van der Waals surface area contributed by atoms with Gasteiger partial charge in [0, 0.05) is 39.4 Å². The summed E-state index contributed by atoms with van der Waals surface area (Å²) in [6.45, 7) is 2.14. The maximum atomic E-state index is 10.8. The van der Waals surface area contributed by atoms with Gasteiger partial charge in [0.25, 0.3) is 0 Å². The zero-order chi connectivity index (χ0) is 26.0. The third-order valence-electron chi connectivity index (χ3n) is 5.83. The smallest absolute Gasteiger partial charge is 0.222 e. The molecule has 0 aliphatic rings. The second-order valence-electron chi connectivity index (χ2n) is 8.66. The van der Waals surface area contributed by atoms with Gasteiger partial charge in [-0.15, -0.1) is 0 Å². The van der Waals surface area contributed by atoms with Crippen LogP contribution in [0.3, 0.4) is 0 Å². The molecular formula is C29H32ClN3O4. The number of hydrogen-bond donors (Lipinski definition) is 1. The monoisotopic (exact) mass is 521 g/mol. The van der Waals surface area contributed by atoms with Gasteiger partial charge >= 0.3 is 0 Å². The predicted molar refractivity (Wildman–Crippen MR) is 145 cm³/mol. The van der Waals surface area contributed by atoms with Crippen LogP contribution < -0.4 is 9.47 Å². The number of nitrogens with zero attached hydrogens (tertiary/aromatic N) is 3. The molecule has 0 saturated carbocycles. The van der Waals surface area contributed by atoms with E-state index in [1.807, 2.05) is 85.9 Å². The van der Waals surface area contributed by atoms with Gasteiger partial charge in [0.2, 0.25) is 5.88 Å². The van der Waals surface area contributed by atoms with Crippen LogP contribution in [0, 0.1) is 0 Å². The molecule has 1 aromatic heterocycles. The molecule has 0 amide bonds. The van der Waals surface area contributed by atoms with Gasteiger partial charge < -0.3 is 19.3 Å². The lowest BCUT2D eigenvalue weighted by Gasteiger charge is -2.25. The molecule has 0 saturated heterocycles. The highest BCUT2D eigenvalue weighted by Crippen LogP contribution is 2.36. The quantitative estimate of drug-likeness (QED) is 0.253. The fourth-order valence-corrected chi connectivity index (χ4v) is 4.20. The van der Waals surface area contributed by atoms with E-state index in [1.165, 1.54) is 0 Å². The van der Waals surface area contributed by atoms with Gasteiger partial charge in [0.05, 0.1) is 17.2 Å². The van der Waals surface area contributed by atoms with E-state index in [1.54, 1.807) is 17.9 Å². The maximum absolute atomic E-state index is 10.8. The van der Waals surface area contributed by atoms with Gasteiger partial charge in [-0.2, -0.15) is 5.10 Å². The van der Waals surface area contributed by atoms with E-state index < -0.39 is 6.10 Å². The van der Waals surface area contributed by atoms with Gasteiger partial charge in [-0.05, 0) is 24.3 Å². The van der Waals surface area contributed by atoms with E-state index in [-0.39, 0.29) is 6.61 Å². The first-order chi connectivity index (χ1) is 18.0. The summed E-state index contributed by atoms with van der Waals surface area (Å²) in [6, 6.07) is 26.8. The van der Waals surface area contributed by atoms with Crippen molar-refractivity contribution in [1.82, 2.24) is 14.7 Å². The first-order valence-electron chi connectivity index (χ1n) is 12.2. The molecule has 1 unspecified atom stereocenters. The van der Waals surface area contributed by atoms with Crippen LogP contribution in [0.15, 0.2) is 84.9 Å². The zero-order valence-corrected chi connectivity index (χ0v) is 21.8. The van der Waals surface area contributed by atoms with Crippen molar-refractivity contribution in [2.24, 2.45) is 7.05 Å². The average molecular weight is 522 g/mol. The van der Waals surface area contributed by atoms with Crippen LogP contribution in [0.2, 0.25) is 5.02 Å². The minimum absolute atomic E-state index is 0.176. The molecule has 1 atom stereocenters. The van der Waals surface area contributed by atoms with Crippen LogP contribution in [0.5, 0.6) is 17.4 Å². The Hall–Kier alpha value is -3.36. The van der Waals surface area contributed by atoms with Gasteiger partial charge in [-0.1, -0.05) is 72.3 Å². The summed E-state index contributed by atoms with van der Waals surface area (Å²) in [7, 11) is 3.52. The van der Waals surface area contributed by atoms with Gasteiger partial charge in [0.15, 0.2) is 0 Å². The minimum atomic E-state index is -0.707. The highest BCUT2D eigenvalue weighted by molar-refractivity contribution is 6.32. The second-order valence-corrected chi connectivity index (χ2v) is 9.07. The van der Waals surface area contributed by atoms with Crippen molar-refractivity contribution >= 4 is 11.6 Å². The Morgan fingerprint density at radius 3 is 2.35 bits per heavy atom. The minimum Gasteiger partial charge on any atom is -0.491 e. The van der Waals surface area contributed by atoms with Crippen molar-refractivity contribution in [2.45, 2.75) is 12.6 Å². The molecule has 0 aliphatic heterocycles. The Kier molecular flexibility index (Phi) is 9.57. The summed E-state index contributed by atoms with van der Waals surface area (Å²) < 4.78 is 19.2. The molecule has 0 bridgehead atoms. The van der Waals surface area contributed by atoms with E-state index >= 15 is 0 Å². The molecule has 4 aromatic rings. The Morgan fingerprint density at radius 2 is 1.65 bits per heavy atom. The van der Waals surface area contributed by atoms with Crippen LogP contribution in [-0.4, -0.2) is 59.3 Å². The van der Waals surface area contributed by atoms with E-state index in [0.717, 1.165) is 22.6 Å². The summed E-state index contributed by atoms with van der Waals surface area (Å²) in [5.41, 5.74) is 2.67. The molecule has 1 N–H and O–H groups in total. The number of halogens is 1. The molecule has 8 heteroatoms. The molecule has 0 spiro atoms. The molecule has 194 valence electrons. The lowest BCUT2D eigenvalue weighted by atomic mass is 10.1. The molecular weight excluding hydrogens is 490 g/mol. The number of aliphatic hydroxyl groups is 1. The lowest BCUT2D eigenvalue weighted by molar-refractivity contribution is 0.0540. The molecule has 7 nitrogen and oxygen atoms in total. The number of aryl methyl sites for hydroxylation is 1. The van der Waals surface area contributed by atoms with Crippen molar-refractivity contribution in [3.05, 3.63) is 95.5 Å². The number of methoxy groups -OCH3 is 1. The zero-order valence-electron chi connectivity index (χ0n) is 21.1. The van der Waals surface area contributed by atoms with Gasteiger partial charge in [-0.25, -0.2) is 4.68 Å². The maximum Gasteiger partial charge on any atom is 0.222 e. The number of benzene rings is 3. The number of hydrogen-bond acceptors (Lipinski definition) is 6. The first kappa shape index (κ1) is 26.7. The Labute approximate surface area is 222 Å². The summed E-state index contributed by atoms with van der Waals surface area (Å²) in [5.74, 6) is 1.86. The molecule has 0 aliphatic carbocycles. The third-order valence-corrected chi connectivity index (χ3v) is 6.14. The molecule has 1 heterocycles. The van der Waals surface area contributed by atoms with Crippen LogP contribution in [0.4, 0.5) is 0 Å². The summed E-state index contributed by atoms with van der Waals surface area (Å²) in [4.78, 5) is 2.12. The Morgan fingerprint density at radius 1 is 0.973 bits per heavy atom. The van der Waals surface area contributed by atoms with Crippen LogP contribution in [-0.2, 0) is 18.3 Å². The molecule has 0 fully saturated rings. The highest BCUT2D eigenvalue weighted by atomic mass is 35.5. The largest absolute Gasteiger partial charge is 0.491 e. The third kappa shape index (κ3) is 7.33. The fourth-order valence-electron chi connectivity index (χ4n) is 4.02. The van der Waals surface area contributed by atoms with Crippen molar-refractivity contribution in [2.75, 3.05) is 33.4 Å².